The lowest BCUT2D eigenvalue weighted by Crippen LogP contribution is -2.48. The number of carbonyl (C=O) groups is 2. The zero-order chi connectivity index (χ0) is 15.2. The summed E-state index contributed by atoms with van der Waals surface area (Å²) in [6.07, 6.45) is 0.263. The van der Waals surface area contributed by atoms with E-state index >= 15 is 0 Å². The largest absolute Gasteiger partial charge is 0.480 e. The van der Waals surface area contributed by atoms with Gasteiger partial charge >= 0.3 is 12.0 Å². The van der Waals surface area contributed by atoms with Crippen LogP contribution in [0.5, 0.6) is 0 Å². The summed E-state index contributed by atoms with van der Waals surface area (Å²) in [5, 5.41) is 14.3. The number of carboxylic acid groups (broad SMARTS) is 1. The van der Waals surface area contributed by atoms with Crippen molar-refractivity contribution in [2.24, 2.45) is 5.41 Å². The minimum absolute atomic E-state index is 0.0461. The molecule has 0 radical (unpaired) electrons. The summed E-state index contributed by atoms with van der Waals surface area (Å²) in [5.41, 5.74) is 0.825. The summed E-state index contributed by atoms with van der Waals surface area (Å²) in [6.45, 7) is 6.46. The number of hydrogen-bond acceptors (Lipinski definition) is 2. The van der Waals surface area contributed by atoms with Crippen LogP contribution in [0.15, 0.2) is 30.3 Å². The predicted molar refractivity (Wildman–Crippen MR) is 77.6 cm³/mol. The fraction of sp³-hybridized carbons (Fsp3) is 0.467. The Bertz CT molecular complexity index is 452. The van der Waals surface area contributed by atoms with E-state index < -0.39 is 18.0 Å². The molecule has 0 aliphatic rings. The average molecular weight is 278 g/mol. The molecule has 1 aromatic rings. The Morgan fingerprint density at radius 2 is 1.80 bits per heavy atom. The minimum atomic E-state index is -1.04. The molecule has 0 heterocycles. The maximum atomic E-state index is 11.7. The molecule has 2 amide bonds. The highest BCUT2D eigenvalue weighted by Gasteiger charge is 2.21. The fourth-order valence-electron chi connectivity index (χ4n) is 1.60. The third-order valence-corrected chi connectivity index (χ3v) is 2.67. The van der Waals surface area contributed by atoms with Gasteiger partial charge in [-0.15, -0.1) is 0 Å². The zero-order valence-electron chi connectivity index (χ0n) is 12.1. The first kappa shape index (κ1) is 16.0. The van der Waals surface area contributed by atoms with Crippen LogP contribution >= 0.6 is 0 Å². The van der Waals surface area contributed by atoms with Crippen LogP contribution in [0.25, 0.3) is 0 Å². The monoisotopic (exact) mass is 278 g/mol. The first-order valence-corrected chi connectivity index (χ1v) is 6.59. The Morgan fingerprint density at radius 3 is 2.30 bits per heavy atom. The van der Waals surface area contributed by atoms with Crippen molar-refractivity contribution in [3.63, 3.8) is 0 Å². The second kappa shape index (κ2) is 6.93. The van der Waals surface area contributed by atoms with Crippen LogP contribution in [-0.2, 0) is 11.2 Å². The van der Waals surface area contributed by atoms with Crippen molar-refractivity contribution in [2.45, 2.75) is 33.2 Å². The Kier molecular flexibility index (Phi) is 5.55. The normalized spacial score (nSPS) is 12.6. The Labute approximate surface area is 119 Å². The number of hydrogen-bond donors (Lipinski definition) is 3. The van der Waals surface area contributed by atoms with Crippen LogP contribution in [0.3, 0.4) is 0 Å². The van der Waals surface area contributed by atoms with Crippen LogP contribution in [-0.4, -0.2) is 29.7 Å². The highest BCUT2D eigenvalue weighted by molar-refractivity contribution is 5.82. The average Bonchev–Trinajstić information content (AvgIpc) is 2.36. The molecule has 1 rings (SSSR count). The lowest BCUT2D eigenvalue weighted by molar-refractivity contribution is -0.139. The van der Waals surface area contributed by atoms with E-state index in [2.05, 4.69) is 10.6 Å². The van der Waals surface area contributed by atoms with Crippen molar-refractivity contribution >= 4 is 12.0 Å². The highest BCUT2D eigenvalue weighted by Crippen LogP contribution is 2.10. The van der Waals surface area contributed by atoms with E-state index in [1.807, 2.05) is 51.1 Å². The molecular weight excluding hydrogens is 256 g/mol. The quantitative estimate of drug-likeness (QED) is 0.771. The van der Waals surface area contributed by atoms with Crippen LogP contribution in [0, 0.1) is 5.41 Å². The van der Waals surface area contributed by atoms with Crippen molar-refractivity contribution < 1.29 is 14.7 Å². The van der Waals surface area contributed by atoms with Crippen molar-refractivity contribution in [3.8, 4) is 0 Å². The molecule has 20 heavy (non-hydrogen) atoms. The molecule has 0 aromatic heterocycles. The van der Waals surface area contributed by atoms with Gasteiger partial charge in [-0.25, -0.2) is 9.59 Å². The number of carbonyl (C=O) groups excluding carboxylic acids is 1. The molecule has 0 aliphatic carbocycles. The molecule has 1 aromatic carbocycles. The lowest BCUT2D eigenvalue weighted by Gasteiger charge is -2.20. The number of benzene rings is 1. The highest BCUT2D eigenvalue weighted by atomic mass is 16.4. The molecule has 0 fully saturated rings. The van der Waals surface area contributed by atoms with E-state index in [0.29, 0.717) is 6.54 Å². The Hall–Kier alpha value is -2.04. The molecule has 5 heteroatoms. The van der Waals surface area contributed by atoms with Crippen molar-refractivity contribution in [3.05, 3.63) is 35.9 Å². The molecule has 0 spiro atoms. The van der Waals surface area contributed by atoms with Gasteiger partial charge in [0, 0.05) is 13.0 Å². The van der Waals surface area contributed by atoms with E-state index in [4.69, 9.17) is 5.11 Å². The van der Waals surface area contributed by atoms with E-state index in [-0.39, 0.29) is 11.8 Å². The SMILES string of the molecule is CC(C)(C)CNC(=O)N[C@@H](Cc1ccccc1)C(=O)O. The second-order valence-electron chi connectivity index (χ2n) is 5.97. The molecular formula is C15H22N2O3. The number of urea groups is 1. The molecule has 110 valence electrons. The third kappa shape index (κ3) is 6.22. The van der Waals surface area contributed by atoms with Crippen LogP contribution in [0.4, 0.5) is 4.79 Å². The summed E-state index contributed by atoms with van der Waals surface area (Å²) in [5.74, 6) is -1.04. The third-order valence-electron chi connectivity index (χ3n) is 2.67. The van der Waals surface area contributed by atoms with E-state index in [9.17, 15) is 9.59 Å². The van der Waals surface area contributed by atoms with Gasteiger partial charge in [-0.1, -0.05) is 51.1 Å². The standard InChI is InChI=1S/C15H22N2O3/c1-15(2,3)10-16-14(20)17-12(13(18)19)9-11-7-5-4-6-8-11/h4-8,12H,9-10H2,1-3H3,(H,18,19)(H2,16,17,20)/t12-/m0/s1. The van der Waals surface area contributed by atoms with Gasteiger partial charge in [0.15, 0.2) is 0 Å². The van der Waals surface area contributed by atoms with Gasteiger partial charge < -0.3 is 15.7 Å². The summed E-state index contributed by atoms with van der Waals surface area (Å²) >= 11 is 0. The molecule has 5 nitrogen and oxygen atoms in total. The molecule has 0 unspecified atom stereocenters. The summed E-state index contributed by atoms with van der Waals surface area (Å²) in [4.78, 5) is 22.9. The lowest BCUT2D eigenvalue weighted by atomic mass is 9.97. The Balaban J connectivity index is 2.55. The fourth-order valence-corrected chi connectivity index (χ4v) is 1.60. The molecule has 3 N–H and O–H groups in total. The second-order valence-corrected chi connectivity index (χ2v) is 5.97. The smallest absolute Gasteiger partial charge is 0.326 e. The van der Waals surface area contributed by atoms with Gasteiger partial charge in [-0.3, -0.25) is 0 Å². The van der Waals surface area contributed by atoms with Gasteiger partial charge in [-0.2, -0.15) is 0 Å². The molecule has 0 saturated heterocycles. The number of rotatable bonds is 5. The van der Waals surface area contributed by atoms with Gasteiger partial charge in [0.05, 0.1) is 0 Å². The van der Waals surface area contributed by atoms with Gasteiger partial charge in [-0.05, 0) is 11.0 Å². The van der Waals surface area contributed by atoms with Crippen LogP contribution in [0.2, 0.25) is 0 Å². The van der Waals surface area contributed by atoms with Crippen LogP contribution < -0.4 is 10.6 Å². The summed E-state index contributed by atoms with van der Waals surface area (Å²) in [7, 11) is 0. The van der Waals surface area contributed by atoms with E-state index in [1.165, 1.54) is 0 Å². The first-order chi connectivity index (χ1) is 9.28. The summed E-state index contributed by atoms with van der Waals surface area (Å²) < 4.78 is 0. The topological polar surface area (TPSA) is 78.4 Å². The maximum absolute atomic E-state index is 11.7. The van der Waals surface area contributed by atoms with E-state index in [0.717, 1.165) is 5.56 Å². The number of aliphatic carboxylic acids is 1. The maximum Gasteiger partial charge on any atom is 0.326 e. The van der Waals surface area contributed by atoms with Crippen molar-refractivity contribution in [2.75, 3.05) is 6.54 Å². The molecule has 0 saturated carbocycles. The molecule has 0 aliphatic heterocycles. The number of carboxylic acids is 1. The molecule has 1 atom stereocenters. The van der Waals surface area contributed by atoms with Crippen molar-refractivity contribution in [1.82, 2.24) is 10.6 Å². The zero-order valence-corrected chi connectivity index (χ0v) is 12.1. The Morgan fingerprint density at radius 1 is 1.20 bits per heavy atom. The van der Waals surface area contributed by atoms with E-state index in [1.54, 1.807) is 0 Å². The van der Waals surface area contributed by atoms with Gasteiger partial charge in [0.1, 0.15) is 6.04 Å². The number of nitrogens with one attached hydrogen (secondary N) is 2. The van der Waals surface area contributed by atoms with Crippen LogP contribution in [0.1, 0.15) is 26.3 Å². The first-order valence-electron chi connectivity index (χ1n) is 6.59. The van der Waals surface area contributed by atoms with Gasteiger partial charge in [0.25, 0.3) is 0 Å². The molecule has 0 bridgehead atoms. The van der Waals surface area contributed by atoms with Crippen molar-refractivity contribution in [1.29, 1.82) is 0 Å². The van der Waals surface area contributed by atoms with Gasteiger partial charge in [0.2, 0.25) is 0 Å². The minimum Gasteiger partial charge on any atom is -0.480 e. The summed E-state index contributed by atoms with van der Waals surface area (Å²) in [6, 6.07) is 7.83. The predicted octanol–water partition coefficient (Wildman–Crippen LogP) is 2.03. The number of amides is 2.